The summed E-state index contributed by atoms with van der Waals surface area (Å²) in [4.78, 5) is 0. The lowest BCUT2D eigenvalue weighted by molar-refractivity contribution is -0.665. The van der Waals surface area contributed by atoms with Crippen molar-refractivity contribution < 1.29 is 17.7 Å². The van der Waals surface area contributed by atoms with Gasteiger partial charge in [0, 0.05) is 12.8 Å². The smallest absolute Gasteiger partial charge is 0.0758 e. The fourth-order valence-corrected chi connectivity index (χ4v) is 2.40. The van der Waals surface area contributed by atoms with E-state index in [1.807, 2.05) is 18.2 Å². The third-order valence-corrected chi connectivity index (χ3v) is 3.25. The summed E-state index contributed by atoms with van der Waals surface area (Å²) in [5.74, 6) is 0.655. The van der Waals surface area contributed by atoms with Crippen molar-refractivity contribution in [2.45, 2.75) is 18.8 Å². The molecule has 86 valence electrons. The van der Waals surface area contributed by atoms with Crippen molar-refractivity contribution in [3.05, 3.63) is 35.9 Å². The summed E-state index contributed by atoms with van der Waals surface area (Å²) >= 11 is 0. The number of nitrogens with two attached hydrogens (primary N) is 1. The maximum absolute atomic E-state index is 9.27. The lowest BCUT2D eigenvalue weighted by atomic mass is 9.81. The molecule has 1 aliphatic rings. The van der Waals surface area contributed by atoms with Crippen LogP contribution in [-0.4, -0.2) is 13.1 Å². The van der Waals surface area contributed by atoms with Crippen LogP contribution in [0.3, 0.4) is 0 Å². The molecule has 0 aromatic heterocycles. The summed E-state index contributed by atoms with van der Waals surface area (Å²) < 4.78 is 0. The van der Waals surface area contributed by atoms with Gasteiger partial charge in [-0.25, -0.2) is 0 Å². The van der Waals surface area contributed by atoms with Crippen molar-refractivity contribution in [3.63, 3.8) is 0 Å². The third kappa shape index (κ3) is 2.98. The summed E-state index contributed by atoms with van der Waals surface area (Å²) in [6.45, 7) is 2.35. The van der Waals surface area contributed by atoms with Gasteiger partial charge in [-0.1, -0.05) is 30.3 Å². The van der Waals surface area contributed by atoms with Crippen LogP contribution in [0.15, 0.2) is 30.3 Å². The third-order valence-electron chi connectivity index (χ3n) is 3.25. The monoisotopic (exact) mass is 236 g/mol. The van der Waals surface area contributed by atoms with E-state index in [0.717, 1.165) is 0 Å². The highest BCUT2D eigenvalue weighted by Gasteiger charge is 2.25. The van der Waals surface area contributed by atoms with Crippen LogP contribution in [0.2, 0.25) is 0 Å². The number of halogens is 1. The largest absolute Gasteiger partial charge is 1.00 e. The SMILES string of the molecule is N#CC(c1ccccc1)C1CC[NH2+]CC1.[Cl-]. The number of nitriles is 1. The van der Waals surface area contributed by atoms with Gasteiger partial charge in [-0.15, -0.1) is 0 Å². The Morgan fingerprint density at radius 3 is 2.38 bits per heavy atom. The molecular weight excluding hydrogens is 220 g/mol. The second-order valence-electron chi connectivity index (χ2n) is 4.22. The van der Waals surface area contributed by atoms with Gasteiger partial charge in [0.05, 0.1) is 25.1 Å². The highest BCUT2D eigenvalue weighted by atomic mass is 35.5. The maximum atomic E-state index is 9.27. The van der Waals surface area contributed by atoms with Gasteiger partial charge < -0.3 is 17.7 Å². The Morgan fingerprint density at radius 2 is 1.81 bits per heavy atom. The molecule has 1 aliphatic heterocycles. The zero-order valence-corrected chi connectivity index (χ0v) is 10.0. The predicted octanol–water partition coefficient (Wildman–Crippen LogP) is -1.73. The van der Waals surface area contributed by atoms with E-state index in [1.54, 1.807) is 0 Å². The topological polar surface area (TPSA) is 40.4 Å². The molecule has 3 heteroatoms. The van der Waals surface area contributed by atoms with Gasteiger partial charge in [0.1, 0.15) is 0 Å². The zero-order valence-electron chi connectivity index (χ0n) is 9.27. The van der Waals surface area contributed by atoms with Gasteiger partial charge in [-0.2, -0.15) is 5.26 Å². The van der Waals surface area contributed by atoms with Gasteiger partial charge in [0.2, 0.25) is 0 Å². The first-order valence-electron chi connectivity index (χ1n) is 5.68. The van der Waals surface area contributed by atoms with Crippen LogP contribution in [0.25, 0.3) is 0 Å². The summed E-state index contributed by atoms with van der Waals surface area (Å²) in [6.07, 6.45) is 2.35. The van der Waals surface area contributed by atoms with Gasteiger partial charge in [-0.05, 0) is 11.5 Å². The normalized spacial score (nSPS) is 18.2. The lowest BCUT2D eigenvalue weighted by Gasteiger charge is -2.24. The highest BCUT2D eigenvalue weighted by Crippen LogP contribution is 2.29. The molecule has 1 saturated heterocycles. The Labute approximate surface area is 103 Å². The molecular formula is C13H17ClN2. The van der Waals surface area contributed by atoms with E-state index in [9.17, 15) is 5.26 Å². The number of nitrogens with zero attached hydrogens (tertiary/aromatic N) is 1. The molecule has 1 aromatic carbocycles. The molecule has 2 nitrogen and oxygen atoms in total. The molecule has 1 unspecified atom stereocenters. The first-order chi connectivity index (χ1) is 7.42. The Hall–Kier alpha value is -1.04. The summed E-state index contributed by atoms with van der Waals surface area (Å²) in [7, 11) is 0. The first-order valence-corrected chi connectivity index (χ1v) is 5.68. The molecule has 0 spiro atoms. The van der Waals surface area contributed by atoms with Gasteiger partial charge in [-0.3, -0.25) is 0 Å². The minimum atomic E-state index is 0. The van der Waals surface area contributed by atoms with Crippen molar-refractivity contribution in [2.24, 2.45) is 5.92 Å². The van der Waals surface area contributed by atoms with Gasteiger partial charge >= 0.3 is 0 Å². The Kier molecular flexibility index (Phi) is 5.31. The minimum absolute atomic E-state index is 0. The minimum Gasteiger partial charge on any atom is -1.00 e. The molecule has 0 radical (unpaired) electrons. The van der Waals surface area contributed by atoms with Crippen LogP contribution < -0.4 is 17.7 Å². The number of hydrogen-bond donors (Lipinski definition) is 1. The molecule has 0 aliphatic carbocycles. The van der Waals surface area contributed by atoms with Gasteiger partial charge in [0.25, 0.3) is 0 Å². The number of rotatable bonds is 2. The molecule has 1 aromatic rings. The molecule has 2 rings (SSSR count). The van der Waals surface area contributed by atoms with Crippen LogP contribution in [0.5, 0.6) is 0 Å². The van der Waals surface area contributed by atoms with Gasteiger partial charge in [0.15, 0.2) is 0 Å². The molecule has 1 atom stereocenters. The van der Waals surface area contributed by atoms with E-state index in [1.165, 1.54) is 31.5 Å². The van der Waals surface area contributed by atoms with E-state index < -0.39 is 0 Å². The number of hydrogen-bond acceptors (Lipinski definition) is 1. The summed E-state index contributed by atoms with van der Waals surface area (Å²) in [5, 5.41) is 11.6. The van der Waals surface area contributed by atoms with E-state index in [-0.39, 0.29) is 18.3 Å². The van der Waals surface area contributed by atoms with E-state index in [0.29, 0.717) is 5.92 Å². The van der Waals surface area contributed by atoms with Crippen molar-refractivity contribution in [2.75, 3.05) is 13.1 Å². The maximum Gasteiger partial charge on any atom is 0.0758 e. The Morgan fingerprint density at radius 1 is 1.19 bits per heavy atom. The van der Waals surface area contributed by atoms with Crippen LogP contribution in [0, 0.1) is 17.2 Å². The Bertz CT molecular complexity index is 339. The van der Waals surface area contributed by atoms with Crippen molar-refractivity contribution in [1.82, 2.24) is 0 Å². The predicted molar refractivity (Wildman–Crippen MR) is 59.2 cm³/mol. The zero-order chi connectivity index (χ0) is 10.5. The number of benzene rings is 1. The first kappa shape index (κ1) is 13.0. The Balaban J connectivity index is 0.00000128. The van der Waals surface area contributed by atoms with Crippen LogP contribution in [-0.2, 0) is 0 Å². The average Bonchev–Trinajstić information content (AvgIpc) is 2.33. The van der Waals surface area contributed by atoms with Crippen molar-refractivity contribution in [3.8, 4) is 6.07 Å². The van der Waals surface area contributed by atoms with Crippen molar-refractivity contribution in [1.29, 1.82) is 5.26 Å². The second-order valence-corrected chi connectivity index (χ2v) is 4.22. The molecule has 16 heavy (non-hydrogen) atoms. The molecule has 0 saturated carbocycles. The van der Waals surface area contributed by atoms with Crippen LogP contribution in [0.1, 0.15) is 24.3 Å². The molecule has 1 fully saturated rings. The fraction of sp³-hybridized carbons (Fsp3) is 0.462. The summed E-state index contributed by atoms with van der Waals surface area (Å²) in [5.41, 5.74) is 1.19. The second kappa shape index (κ2) is 6.52. The standard InChI is InChI=1S/C13H16N2.ClH/c14-10-13(11-4-2-1-3-5-11)12-6-8-15-9-7-12;/h1-5,12-13,15H,6-9H2;1H. The number of quaternary nitrogens is 1. The molecule has 2 N–H and O–H groups in total. The van der Waals surface area contributed by atoms with E-state index >= 15 is 0 Å². The number of piperidine rings is 1. The fourth-order valence-electron chi connectivity index (χ4n) is 2.40. The average molecular weight is 237 g/mol. The lowest BCUT2D eigenvalue weighted by Crippen LogP contribution is -3.00. The van der Waals surface area contributed by atoms with E-state index in [4.69, 9.17) is 0 Å². The summed E-state index contributed by atoms with van der Waals surface area (Å²) in [6, 6.07) is 12.7. The molecule has 0 bridgehead atoms. The quantitative estimate of drug-likeness (QED) is 0.652. The molecule has 1 heterocycles. The van der Waals surface area contributed by atoms with Crippen molar-refractivity contribution >= 4 is 0 Å². The van der Waals surface area contributed by atoms with Crippen LogP contribution in [0.4, 0.5) is 0 Å². The highest BCUT2D eigenvalue weighted by molar-refractivity contribution is 5.25. The van der Waals surface area contributed by atoms with E-state index in [2.05, 4.69) is 23.5 Å². The van der Waals surface area contributed by atoms with Crippen LogP contribution >= 0.6 is 0 Å². The molecule has 0 amide bonds.